The van der Waals surface area contributed by atoms with Gasteiger partial charge in [0.05, 0.1) is 16.3 Å². The molecule has 0 N–H and O–H groups in total. The molecule has 9 heteroatoms. The largest absolute Gasteiger partial charge is 0.291 e. The Hall–Kier alpha value is -2.78. The van der Waals surface area contributed by atoms with Crippen LogP contribution >= 0.6 is 11.3 Å². The monoisotopic (exact) mass is 461 g/mol. The molecule has 1 atom stereocenters. The van der Waals surface area contributed by atoms with Crippen molar-refractivity contribution in [2.75, 3.05) is 18.2 Å². The quantitative estimate of drug-likeness (QED) is 0.541. The first-order chi connectivity index (χ1) is 14.7. The number of hydrogen-bond acceptors (Lipinski definition) is 4. The molecule has 2 aromatic carbocycles. The molecule has 1 aromatic heterocycles. The topological polar surface area (TPSA) is 62.6 Å². The van der Waals surface area contributed by atoms with Crippen LogP contribution in [-0.2, 0) is 26.7 Å². The average Bonchev–Trinajstić information content (AvgIpc) is 3.11. The Morgan fingerprint density at radius 1 is 1.16 bits per heavy atom. The SMILES string of the molecule is CC(=O)/N=S(/C)c1sc(N(C)C(=O)Cc2ccc(-c3cc(F)ccc3F)cc2)nc1C. The molecule has 0 fully saturated rings. The van der Waals surface area contributed by atoms with Crippen molar-refractivity contribution in [2.24, 2.45) is 4.36 Å². The lowest BCUT2D eigenvalue weighted by atomic mass is 10.0. The van der Waals surface area contributed by atoms with Crippen molar-refractivity contribution in [1.29, 1.82) is 0 Å². The number of halogens is 2. The van der Waals surface area contributed by atoms with Crippen LogP contribution in [0.1, 0.15) is 18.2 Å². The number of rotatable bonds is 5. The molecule has 0 spiro atoms. The number of thiazole rings is 1. The number of benzene rings is 2. The van der Waals surface area contributed by atoms with E-state index in [9.17, 15) is 18.4 Å². The second-order valence-electron chi connectivity index (χ2n) is 6.91. The van der Waals surface area contributed by atoms with E-state index in [-0.39, 0.29) is 23.8 Å². The molecule has 0 saturated heterocycles. The van der Waals surface area contributed by atoms with Crippen LogP contribution in [0.2, 0.25) is 0 Å². The maximum absolute atomic E-state index is 14.0. The van der Waals surface area contributed by atoms with E-state index < -0.39 is 22.3 Å². The van der Waals surface area contributed by atoms with E-state index in [4.69, 9.17) is 0 Å². The first-order valence-electron chi connectivity index (χ1n) is 9.32. The fourth-order valence-electron chi connectivity index (χ4n) is 2.94. The molecule has 0 aliphatic heterocycles. The Labute approximate surface area is 185 Å². The van der Waals surface area contributed by atoms with Gasteiger partial charge in [-0.3, -0.25) is 14.5 Å². The molecular formula is C22H21F2N3O2S2. The summed E-state index contributed by atoms with van der Waals surface area (Å²) in [6, 6.07) is 10.1. The minimum absolute atomic E-state index is 0.131. The average molecular weight is 462 g/mol. The minimum atomic E-state index is -0.610. The van der Waals surface area contributed by atoms with Gasteiger partial charge in [0, 0.05) is 19.5 Å². The van der Waals surface area contributed by atoms with Crippen LogP contribution < -0.4 is 4.90 Å². The molecule has 0 aliphatic carbocycles. The van der Waals surface area contributed by atoms with Gasteiger partial charge in [-0.25, -0.2) is 13.8 Å². The van der Waals surface area contributed by atoms with Gasteiger partial charge in [-0.2, -0.15) is 4.36 Å². The third kappa shape index (κ3) is 5.48. The van der Waals surface area contributed by atoms with Crippen LogP contribution in [0, 0.1) is 18.6 Å². The summed E-state index contributed by atoms with van der Waals surface area (Å²) >= 11 is 1.34. The fourth-order valence-corrected chi connectivity index (χ4v) is 5.48. The molecule has 0 saturated carbocycles. The van der Waals surface area contributed by atoms with Gasteiger partial charge < -0.3 is 0 Å². The highest BCUT2D eigenvalue weighted by molar-refractivity contribution is 7.89. The highest BCUT2D eigenvalue weighted by Gasteiger charge is 2.18. The number of aromatic nitrogens is 1. The standard InChI is InChI=1S/C22H21F2N3O2S2/c1-13-21(31(4)26-14(2)28)30-22(25-13)27(3)20(29)11-15-5-7-16(8-6-15)18-12-17(23)9-10-19(18)24/h5-10,12H,11H2,1-4H3. The summed E-state index contributed by atoms with van der Waals surface area (Å²) in [7, 11) is 1.04. The Balaban J connectivity index is 1.74. The van der Waals surface area contributed by atoms with Crippen LogP contribution in [0.5, 0.6) is 0 Å². The van der Waals surface area contributed by atoms with Crippen LogP contribution in [0.15, 0.2) is 51.0 Å². The number of amides is 2. The van der Waals surface area contributed by atoms with E-state index in [2.05, 4.69) is 9.35 Å². The molecule has 0 bridgehead atoms. The summed E-state index contributed by atoms with van der Waals surface area (Å²) in [5.41, 5.74) is 2.20. The first-order valence-corrected chi connectivity index (χ1v) is 11.7. The minimum Gasteiger partial charge on any atom is -0.291 e. The highest BCUT2D eigenvalue weighted by atomic mass is 32.2. The van der Waals surface area contributed by atoms with Gasteiger partial charge in [0.2, 0.25) is 11.8 Å². The molecule has 1 unspecified atom stereocenters. The summed E-state index contributed by atoms with van der Waals surface area (Å²) in [4.78, 5) is 29.9. The molecule has 3 aromatic rings. The zero-order valence-corrected chi connectivity index (χ0v) is 19.1. The number of hydrogen-bond donors (Lipinski definition) is 0. The zero-order chi connectivity index (χ0) is 22.7. The van der Waals surface area contributed by atoms with E-state index in [1.54, 1.807) is 31.3 Å². The molecule has 5 nitrogen and oxygen atoms in total. The van der Waals surface area contributed by atoms with Crippen LogP contribution in [0.4, 0.5) is 13.9 Å². The van der Waals surface area contributed by atoms with Gasteiger partial charge in [0.1, 0.15) is 11.6 Å². The van der Waals surface area contributed by atoms with Crippen molar-refractivity contribution in [3.05, 3.63) is 65.4 Å². The summed E-state index contributed by atoms with van der Waals surface area (Å²) in [6.45, 7) is 3.24. The smallest absolute Gasteiger partial charge is 0.248 e. The summed E-state index contributed by atoms with van der Waals surface area (Å²) in [5.74, 6) is -1.43. The molecule has 1 heterocycles. The van der Waals surface area contributed by atoms with Crippen LogP contribution in [0.3, 0.4) is 0 Å². The van der Waals surface area contributed by atoms with Crippen molar-refractivity contribution < 1.29 is 18.4 Å². The Morgan fingerprint density at radius 2 is 1.84 bits per heavy atom. The Kier molecular flexibility index (Phi) is 7.07. The number of carbonyl (C=O) groups excluding carboxylic acids is 2. The Morgan fingerprint density at radius 3 is 2.48 bits per heavy atom. The molecule has 0 radical (unpaired) electrons. The second kappa shape index (κ2) is 9.57. The summed E-state index contributed by atoms with van der Waals surface area (Å²) in [5, 5.41) is 0.536. The van der Waals surface area contributed by atoms with Crippen molar-refractivity contribution in [1.82, 2.24) is 4.98 Å². The highest BCUT2D eigenvalue weighted by Crippen LogP contribution is 2.29. The van der Waals surface area contributed by atoms with Gasteiger partial charge in [0.25, 0.3) is 0 Å². The molecule has 162 valence electrons. The number of likely N-dealkylation sites (N-methyl/N-ethyl adjacent to an activating group) is 1. The van der Waals surface area contributed by atoms with Gasteiger partial charge in [-0.1, -0.05) is 46.3 Å². The lowest BCUT2D eigenvalue weighted by Crippen LogP contribution is -2.27. The van der Waals surface area contributed by atoms with Gasteiger partial charge in [-0.15, -0.1) is 0 Å². The maximum Gasteiger partial charge on any atom is 0.248 e. The maximum atomic E-state index is 14.0. The van der Waals surface area contributed by atoms with Gasteiger partial charge in [-0.05, 0) is 42.5 Å². The number of nitrogens with zero attached hydrogens (tertiary/aromatic N) is 3. The molecule has 3 rings (SSSR count). The fraction of sp³-hybridized carbons (Fsp3) is 0.227. The molecule has 0 aliphatic rings. The molecular weight excluding hydrogens is 440 g/mol. The third-order valence-corrected chi connectivity index (χ3v) is 7.85. The van der Waals surface area contributed by atoms with Crippen molar-refractivity contribution in [3.8, 4) is 11.1 Å². The van der Waals surface area contributed by atoms with E-state index in [0.717, 1.165) is 33.7 Å². The molecule has 2 amide bonds. The van der Waals surface area contributed by atoms with Crippen molar-refractivity contribution in [3.63, 3.8) is 0 Å². The van der Waals surface area contributed by atoms with Crippen molar-refractivity contribution >= 4 is 39.0 Å². The van der Waals surface area contributed by atoms with E-state index in [1.165, 1.54) is 23.2 Å². The van der Waals surface area contributed by atoms with Gasteiger partial charge in [0.15, 0.2) is 5.13 Å². The van der Waals surface area contributed by atoms with E-state index in [0.29, 0.717) is 10.7 Å². The summed E-state index contributed by atoms with van der Waals surface area (Å²) in [6.07, 6.45) is 1.97. The first kappa shape index (κ1) is 22.9. The number of aryl methyl sites for hydroxylation is 1. The third-order valence-electron chi connectivity index (χ3n) is 4.49. The lowest BCUT2D eigenvalue weighted by Gasteiger charge is -2.14. The zero-order valence-electron chi connectivity index (χ0n) is 17.5. The van der Waals surface area contributed by atoms with Crippen molar-refractivity contribution in [2.45, 2.75) is 24.5 Å². The predicted octanol–water partition coefficient (Wildman–Crippen LogP) is 4.94. The van der Waals surface area contributed by atoms with Crippen LogP contribution in [0.25, 0.3) is 11.1 Å². The normalized spacial score (nSPS) is 12.1. The van der Waals surface area contributed by atoms with Gasteiger partial charge >= 0.3 is 0 Å². The Bertz CT molecular complexity index is 1170. The number of anilines is 1. The molecule has 31 heavy (non-hydrogen) atoms. The predicted molar refractivity (Wildman–Crippen MR) is 120 cm³/mol. The van der Waals surface area contributed by atoms with E-state index in [1.807, 2.05) is 13.2 Å². The van der Waals surface area contributed by atoms with Crippen LogP contribution in [-0.4, -0.2) is 30.1 Å². The lowest BCUT2D eigenvalue weighted by molar-refractivity contribution is -0.118. The second-order valence-corrected chi connectivity index (χ2v) is 9.69. The number of carbonyl (C=O) groups is 2. The van der Waals surface area contributed by atoms with E-state index >= 15 is 0 Å². The summed E-state index contributed by atoms with van der Waals surface area (Å²) < 4.78 is 32.3.